The molecule has 1 aromatic rings. The number of piperazine rings is 1. The van der Waals surface area contributed by atoms with Crippen LogP contribution in [-0.2, 0) is 0 Å². The Morgan fingerprint density at radius 2 is 1.95 bits per heavy atom. The second-order valence-corrected chi connectivity index (χ2v) is 5.34. The molecule has 2 rings (SSSR count). The highest BCUT2D eigenvalue weighted by Crippen LogP contribution is 2.09. The Bertz CT molecular complexity index is 453. The molecule has 0 amide bonds. The van der Waals surface area contributed by atoms with Gasteiger partial charge in [-0.2, -0.15) is 0 Å². The zero-order valence-electron chi connectivity index (χ0n) is 10.7. The van der Waals surface area contributed by atoms with Gasteiger partial charge in [-0.3, -0.25) is 0 Å². The highest BCUT2D eigenvalue weighted by atomic mass is 79.9. The minimum atomic E-state index is 0.508. The fourth-order valence-corrected chi connectivity index (χ4v) is 1.98. The standard InChI is InChI=1S/C12H17BrN6/c1-10(13)9-17-11(14)18-5-7-19(8-6-18)12-15-3-2-4-16-12/h2-4H,1,5-9H2,(H2,14,17). The molecule has 102 valence electrons. The maximum Gasteiger partial charge on any atom is 0.225 e. The fraction of sp³-hybridized carbons (Fsp3) is 0.417. The average Bonchev–Trinajstić information content (AvgIpc) is 2.46. The van der Waals surface area contributed by atoms with Crippen molar-refractivity contribution in [3.63, 3.8) is 0 Å². The molecule has 0 spiro atoms. The van der Waals surface area contributed by atoms with E-state index in [2.05, 4.69) is 47.3 Å². The maximum absolute atomic E-state index is 5.95. The smallest absolute Gasteiger partial charge is 0.225 e. The molecule has 2 heterocycles. The Morgan fingerprint density at radius 3 is 2.53 bits per heavy atom. The maximum atomic E-state index is 5.95. The van der Waals surface area contributed by atoms with E-state index in [9.17, 15) is 0 Å². The number of nitrogens with two attached hydrogens (primary N) is 1. The summed E-state index contributed by atoms with van der Waals surface area (Å²) in [6, 6.07) is 1.82. The Hall–Kier alpha value is -1.63. The van der Waals surface area contributed by atoms with Crippen LogP contribution in [0.2, 0.25) is 0 Å². The lowest BCUT2D eigenvalue weighted by molar-refractivity contribution is 0.378. The average molecular weight is 325 g/mol. The highest BCUT2D eigenvalue weighted by molar-refractivity contribution is 9.11. The molecule has 0 atom stereocenters. The predicted octanol–water partition coefficient (Wildman–Crippen LogP) is 0.822. The van der Waals surface area contributed by atoms with Gasteiger partial charge in [0.1, 0.15) is 0 Å². The molecular formula is C12H17BrN6. The predicted molar refractivity (Wildman–Crippen MR) is 80.4 cm³/mol. The second-order valence-electron chi connectivity index (χ2n) is 4.21. The van der Waals surface area contributed by atoms with Gasteiger partial charge in [0.2, 0.25) is 5.95 Å². The lowest BCUT2D eigenvalue weighted by atomic mass is 10.3. The van der Waals surface area contributed by atoms with Crippen LogP contribution in [-0.4, -0.2) is 53.6 Å². The third kappa shape index (κ3) is 3.92. The SMILES string of the molecule is C=C(Br)CN=C(N)N1CCN(c2ncccn2)CC1. The topological polar surface area (TPSA) is 70.6 Å². The number of hydrogen-bond donors (Lipinski definition) is 1. The van der Waals surface area contributed by atoms with E-state index in [0.717, 1.165) is 36.6 Å². The Morgan fingerprint density at radius 1 is 1.32 bits per heavy atom. The number of aromatic nitrogens is 2. The molecule has 0 saturated carbocycles. The zero-order chi connectivity index (χ0) is 13.7. The summed E-state index contributed by atoms with van der Waals surface area (Å²) in [5.74, 6) is 1.33. The van der Waals surface area contributed by atoms with E-state index in [4.69, 9.17) is 5.73 Å². The summed E-state index contributed by atoms with van der Waals surface area (Å²) >= 11 is 3.27. The molecule has 2 N–H and O–H groups in total. The van der Waals surface area contributed by atoms with Gasteiger partial charge in [-0.1, -0.05) is 22.5 Å². The molecule has 0 radical (unpaired) electrons. The van der Waals surface area contributed by atoms with Gasteiger partial charge in [-0.25, -0.2) is 15.0 Å². The van der Waals surface area contributed by atoms with Gasteiger partial charge in [0.05, 0.1) is 6.54 Å². The number of aliphatic imine (C=N–C) groups is 1. The third-order valence-corrected chi connectivity index (χ3v) is 3.10. The molecule has 19 heavy (non-hydrogen) atoms. The number of halogens is 1. The van der Waals surface area contributed by atoms with Crippen molar-refractivity contribution in [1.29, 1.82) is 0 Å². The van der Waals surface area contributed by atoms with E-state index in [1.807, 2.05) is 6.07 Å². The first-order chi connectivity index (χ1) is 9.16. The summed E-state index contributed by atoms with van der Waals surface area (Å²) in [6.07, 6.45) is 3.51. The normalized spacial score (nSPS) is 16.6. The first-order valence-electron chi connectivity index (χ1n) is 6.07. The lowest BCUT2D eigenvalue weighted by Gasteiger charge is -2.35. The van der Waals surface area contributed by atoms with Crippen molar-refractivity contribution < 1.29 is 0 Å². The van der Waals surface area contributed by atoms with Gasteiger partial charge < -0.3 is 15.5 Å². The summed E-state index contributed by atoms with van der Waals surface area (Å²) in [4.78, 5) is 17.0. The van der Waals surface area contributed by atoms with Crippen molar-refractivity contribution in [2.75, 3.05) is 37.6 Å². The zero-order valence-corrected chi connectivity index (χ0v) is 12.3. The summed E-state index contributed by atoms with van der Waals surface area (Å²) < 4.78 is 0.826. The third-order valence-electron chi connectivity index (χ3n) is 2.85. The lowest BCUT2D eigenvalue weighted by Crippen LogP contribution is -2.51. The Labute approximate surface area is 121 Å². The molecule has 0 unspecified atom stereocenters. The van der Waals surface area contributed by atoms with Crippen LogP contribution in [0.5, 0.6) is 0 Å². The van der Waals surface area contributed by atoms with Gasteiger partial charge in [-0.05, 0) is 6.07 Å². The Balaban J connectivity index is 1.89. The Kier molecular flexibility index (Phi) is 4.73. The van der Waals surface area contributed by atoms with Crippen molar-refractivity contribution in [3.05, 3.63) is 29.5 Å². The van der Waals surface area contributed by atoms with E-state index < -0.39 is 0 Å². The molecule has 7 heteroatoms. The summed E-state index contributed by atoms with van der Waals surface area (Å²) in [5, 5.41) is 0. The van der Waals surface area contributed by atoms with Crippen molar-refractivity contribution >= 4 is 27.8 Å². The molecule has 1 aliphatic rings. The van der Waals surface area contributed by atoms with Crippen molar-refractivity contribution in [2.45, 2.75) is 0 Å². The van der Waals surface area contributed by atoms with Crippen LogP contribution in [0, 0.1) is 0 Å². The number of nitrogens with zero attached hydrogens (tertiary/aromatic N) is 5. The molecule has 1 fully saturated rings. The van der Waals surface area contributed by atoms with Gasteiger partial charge in [0.25, 0.3) is 0 Å². The number of hydrogen-bond acceptors (Lipinski definition) is 4. The van der Waals surface area contributed by atoms with E-state index in [-0.39, 0.29) is 0 Å². The molecule has 1 aromatic heterocycles. The molecule has 0 aliphatic carbocycles. The number of anilines is 1. The van der Waals surface area contributed by atoms with Gasteiger partial charge >= 0.3 is 0 Å². The van der Waals surface area contributed by atoms with Crippen molar-refractivity contribution in [2.24, 2.45) is 10.7 Å². The van der Waals surface area contributed by atoms with Crippen molar-refractivity contribution in [3.8, 4) is 0 Å². The van der Waals surface area contributed by atoms with Crippen LogP contribution in [0.4, 0.5) is 5.95 Å². The molecule has 0 bridgehead atoms. The van der Waals surface area contributed by atoms with Crippen molar-refractivity contribution in [1.82, 2.24) is 14.9 Å². The first-order valence-corrected chi connectivity index (χ1v) is 6.86. The van der Waals surface area contributed by atoms with E-state index in [1.165, 1.54) is 0 Å². The first kappa shape index (κ1) is 13.8. The van der Waals surface area contributed by atoms with E-state index >= 15 is 0 Å². The highest BCUT2D eigenvalue weighted by Gasteiger charge is 2.19. The fourth-order valence-electron chi connectivity index (χ4n) is 1.86. The van der Waals surface area contributed by atoms with Crippen LogP contribution in [0.15, 0.2) is 34.5 Å². The van der Waals surface area contributed by atoms with Gasteiger partial charge in [0, 0.05) is 43.1 Å². The quantitative estimate of drug-likeness (QED) is 0.658. The molecule has 0 aromatic carbocycles. The second kappa shape index (κ2) is 6.51. The molecule has 1 aliphatic heterocycles. The molecule has 6 nitrogen and oxygen atoms in total. The van der Waals surface area contributed by atoms with Crippen LogP contribution in [0.25, 0.3) is 0 Å². The number of rotatable bonds is 3. The minimum absolute atomic E-state index is 0.508. The molecular weight excluding hydrogens is 308 g/mol. The van der Waals surface area contributed by atoms with Gasteiger partial charge in [-0.15, -0.1) is 0 Å². The summed E-state index contributed by atoms with van der Waals surface area (Å²) in [7, 11) is 0. The largest absolute Gasteiger partial charge is 0.370 e. The number of guanidine groups is 1. The summed E-state index contributed by atoms with van der Waals surface area (Å²) in [6.45, 7) is 7.57. The van der Waals surface area contributed by atoms with Crippen LogP contribution >= 0.6 is 15.9 Å². The molecule has 1 saturated heterocycles. The van der Waals surface area contributed by atoms with Gasteiger partial charge in [0.15, 0.2) is 5.96 Å². The van der Waals surface area contributed by atoms with E-state index in [0.29, 0.717) is 12.5 Å². The monoisotopic (exact) mass is 324 g/mol. The summed E-state index contributed by atoms with van der Waals surface area (Å²) in [5.41, 5.74) is 5.95. The van der Waals surface area contributed by atoms with Crippen LogP contribution in [0.3, 0.4) is 0 Å². The van der Waals surface area contributed by atoms with Crippen LogP contribution < -0.4 is 10.6 Å². The van der Waals surface area contributed by atoms with Crippen LogP contribution in [0.1, 0.15) is 0 Å². The van der Waals surface area contributed by atoms with E-state index in [1.54, 1.807) is 12.4 Å². The minimum Gasteiger partial charge on any atom is -0.370 e.